The minimum atomic E-state index is -0.0872. The van der Waals surface area contributed by atoms with Crippen molar-refractivity contribution in [3.8, 4) is 5.75 Å². The van der Waals surface area contributed by atoms with Gasteiger partial charge < -0.3 is 15.0 Å². The zero-order chi connectivity index (χ0) is 14.7. The zero-order valence-electron chi connectivity index (χ0n) is 12.1. The Labute approximate surface area is 123 Å². The molecule has 0 amide bonds. The van der Waals surface area contributed by atoms with Gasteiger partial charge >= 0.3 is 0 Å². The van der Waals surface area contributed by atoms with Gasteiger partial charge in [0, 0.05) is 18.5 Å². The molecule has 110 valence electrons. The fraction of sp³-hybridized carbons (Fsp3) is 0.375. The van der Waals surface area contributed by atoms with E-state index in [-0.39, 0.29) is 5.56 Å². The van der Waals surface area contributed by atoms with Crippen molar-refractivity contribution in [3.05, 3.63) is 52.1 Å². The van der Waals surface area contributed by atoms with Gasteiger partial charge in [0.2, 0.25) is 0 Å². The molecule has 3 rings (SSSR count). The van der Waals surface area contributed by atoms with Gasteiger partial charge in [0.15, 0.2) is 0 Å². The van der Waals surface area contributed by atoms with Gasteiger partial charge in [-0.2, -0.15) is 0 Å². The van der Waals surface area contributed by atoms with Crippen LogP contribution in [0.4, 0.5) is 5.82 Å². The highest BCUT2D eigenvalue weighted by atomic mass is 16.5. The van der Waals surface area contributed by atoms with Gasteiger partial charge in [0.1, 0.15) is 17.4 Å². The third kappa shape index (κ3) is 3.62. The molecule has 0 aliphatic heterocycles. The molecule has 0 saturated heterocycles. The van der Waals surface area contributed by atoms with E-state index >= 15 is 0 Å². The van der Waals surface area contributed by atoms with Gasteiger partial charge in [-0.1, -0.05) is 12.1 Å². The van der Waals surface area contributed by atoms with Crippen molar-refractivity contribution < 1.29 is 4.74 Å². The highest BCUT2D eigenvalue weighted by Gasteiger charge is 2.26. The molecule has 2 aromatic rings. The molecule has 1 heterocycles. The summed E-state index contributed by atoms with van der Waals surface area (Å²) in [6.07, 6.45) is 3.09. The predicted octanol–water partition coefficient (Wildman–Crippen LogP) is 2.31. The van der Waals surface area contributed by atoms with Gasteiger partial charge in [-0.15, -0.1) is 0 Å². The normalized spacial score (nSPS) is 14.0. The Kier molecular flexibility index (Phi) is 3.90. The van der Waals surface area contributed by atoms with Crippen molar-refractivity contribution in [3.63, 3.8) is 0 Å². The molecule has 21 heavy (non-hydrogen) atoms. The molecule has 2 N–H and O–H groups in total. The van der Waals surface area contributed by atoms with E-state index in [1.165, 1.54) is 11.6 Å². The number of aromatic amines is 1. The van der Waals surface area contributed by atoms with Crippen LogP contribution in [0.5, 0.6) is 5.75 Å². The van der Waals surface area contributed by atoms with Crippen molar-refractivity contribution >= 4 is 5.82 Å². The average Bonchev–Trinajstić information content (AvgIpc) is 3.32. The molecule has 1 fully saturated rings. The molecule has 0 radical (unpaired) electrons. The smallest absolute Gasteiger partial charge is 0.252 e. The Hall–Kier alpha value is -2.30. The quantitative estimate of drug-likeness (QED) is 0.854. The third-order valence-electron chi connectivity index (χ3n) is 3.58. The maximum Gasteiger partial charge on any atom is 0.252 e. The SMILES string of the molecule is COc1cccc(CCNc2cc(=O)[nH]c(C3CC3)n2)c1. The number of H-pyrrole nitrogens is 1. The monoisotopic (exact) mass is 285 g/mol. The summed E-state index contributed by atoms with van der Waals surface area (Å²) in [5.41, 5.74) is 1.10. The summed E-state index contributed by atoms with van der Waals surface area (Å²) >= 11 is 0. The second-order valence-electron chi connectivity index (χ2n) is 5.32. The molecule has 1 aliphatic rings. The van der Waals surface area contributed by atoms with Gasteiger partial charge in [-0.25, -0.2) is 4.98 Å². The topological polar surface area (TPSA) is 67.0 Å². The second kappa shape index (κ2) is 5.99. The first-order valence-electron chi connectivity index (χ1n) is 7.22. The summed E-state index contributed by atoms with van der Waals surface area (Å²) in [5, 5.41) is 3.22. The minimum Gasteiger partial charge on any atom is -0.497 e. The number of nitrogens with one attached hydrogen (secondary N) is 2. The van der Waals surface area contributed by atoms with Gasteiger partial charge in [-0.3, -0.25) is 4.79 Å². The number of methoxy groups -OCH3 is 1. The number of rotatable bonds is 6. The van der Waals surface area contributed by atoms with Crippen molar-refractivity contribution in [1.82, 2.24) is 9.97 Å². The molecule has 1 aliphatic carbocycles. The van der Waals surface area contributed by atoms with E-state index in [1.54, 1.807) is 7.11 Å². The number of hydrogen-bond acceptors (Lipinski definition) is 4. The summed E-state index contributed by atoms with van der Waals surface area (Å²) in [5.74, 6) is 2.77. The Morgan fingerprint density at radius 3 is 3.00 bits per heavy atom. The lowest BCUT2D eigenvalue weighted by Crippen LogP contribution is -2.14. The van der Waals surface area contributed by atoms with Crippen molar-refractivity contribution in [2.75, 3.05) is 19.0 Å². The summed E-state index contributed by atoms with van der Waals surface area (Å²) < 4.78 is 5.21. The first-order valence-corrected chi connectivity index (χ1v) is 7.22. The predicted molar refractivity (Wildman–Crippen MR) is 82.0 cm³/mol. The largest absolute Gasteiger partial charge is 0.497 e. The van der Waals surface area contributed by atoms with E-state index in [1.807, 2.05) is 18.2 Å². The Bertz CT molecular complexity index is 677. The van der Waals surface area contributed by atoms with Crippen LogP contribution < -0.4 is 15.6 Å². The number of aromatic nitrogens is 2. The highest BCUT2D eigenvalue weighted by Crippen LogP contribution is 2.37. The van der Waals surface area contributed by atoms with Crippen LogP contribution in [-0.4, -0.2) is 23.6 Å². The van der Waals surface area contributed by atoms with Crippen LogP contribution in [0, 0.1) is 0 Å². The van der Waals surface area contributed by atoms with Crippen LogP contribution in [0.1, 0.15) is 30.1 Å². The number of ether oxygens (including phenoxy) is 1. The Balaban J connectivity index is 1.61. The molecule has 0 spiro atoms. The van der Waals surface area contributed by atoms with Crippen molar-refractivity contribution in [2.24, 2.45) is 0 Å². The Morgan fingerprint density at radius 2 is 2.24 bits per heavy atom. The zero-order valence-corrected chi connectivity index (χ0v) is 12.1. The lowest BCUT2D eigenvalue weighted by atomic mass is 10.1. The first kappa shape index (κ1) is 13.7. The lowest BCUT2D eigenvalue weighted by molar-refractivity contribution is 0.414. The summed E-state index contributed by atoms with van der Waals surface area (Å²) in [4.78, 5) is 18.9. The average molecular weight is 285 g/mol. The van der Waals surface area contributed by atoms with Gasteiger partial charge in [0.25, 0.3) is 5.56 Å². The van der Waals surface area contributed by atoms with Crippen LogP contribution in [0.25, 0.3) is 0 Å². The van der Waals surface area contributed by atoms with Crippen LogP contribution in [0.2, 0.25) is 0 Å². The van der Waals surface area contributed by atoms with Crippen LogP contribution in [0.3, 0.4) is 0 Å². The molecular weight excluding hydrogens is 266 g/mol. The highest BCUT2D eigenvalue weighted by molar-refractivity contribution is 5.35. The molecule has 0 atom stereocenters. The molecule has 0 bridgehead atoms. The van der Waals surface area contributed by atoms with E-state index in [2.05, 4.69) is 21.4 Å². The Morgan fingerprint density at radius 1 is 1.38 bits per heavy atom. The minimum absolute atomic E-state index is 0.0872. The lowest BCUT2D eigenvalue weighted by Gasteiger charge is -2.08. The van der Waals surface area contributed by atoms with Crippen LogP contribution in [0.15, 0.2) is 35.1 Å². The standard InChI is InChI=1S/C16H19N3O2/c1-21-13-4-2-3-11(9-13)7-8-17-14-10-15(20)19-16(18-14)12-5-6-12/h2-4,9-10,12H,5-8H2,1H3,(H2,17,18,19,20). The van der Waals surface area contributed by atoms with E-state index < -0.39 is 0 Å². The molecule has 1 saturated carbocycles. The van der Waals surface area contributed by atoms with E-state index in [0.717, 1.165) is 37.4 Å². The van der Waals surface area contributed by atoms with Crippen molar-refractivity contribution in [2.45, 2.75) is 25.2 Å². The summed E-state index contributed by atoms with van der Waals surface area (Å²) in [7, 11) is 1.66. The van der Waals surface area contributed by atoms with Crippen molar-refractivity contribution in [1.29, 1.82) is 0 Å². The molecule has 5 nitrogen and oxygen atoms in total. The number of nitrogens with zero attached hydrogens (tertiary/aromatic N) is 1. The van der Waals surface area contributed by atoms with Gasteiger partial charge in [-0.05, 0) is 37.0 Å². The maximum atomic E-state index is 11.6. The molecular formula is C16H19N3O2. The van der Waals surface area contributed by atoms with E-state index in [9.17, 15) is 4.79 Å². The first-order chi connectivity index (χ1) is 10.2. The molecule has 1 aromatic carbocycles. The van der Waals surface area contributed by atoms with E-state index in [0.29, 0.717) is 11.7 Å². The summed E-state index contributed by atoms with van der Waals surface area (Å²) in [6, 6.07) is 9.49. The van der Waals surface area contributed by atoms with Gasteiger partial charge in [0.05, 0.1) is 7.11 Å². The summed E-state index contributed by atoms with van der Waals surface area (Å²) in [6.45, 7) is 0.730. The fourth-order valence-electron chi connectivity index (χ4n) is 2.28. The molecule has 1 aromatic heterocycles. The number of anilines is 1. The van der Waals surface area contributed by atoms with Crippen LogP contribution >= 0.6 is 0 Å². The second-order valence-corrected chi connectivity index (χ2v) is 5.32. The molecule has 5 heteroatoms. The molecule has 0 unspecified atom stereocenters. The van der Waals surface area contributed by atoms with E-state index in [4.69, 9.17) is 4.74 Å². The maximum absolute atomic E-state index is 11.6. The fourth-order valence-corrected chi connectivity index (χ4v) is 2.28. The number of hydrogen-bond donors (Lipinski definition) is 2. The number of benzene rings is 1. The van der Waals surface area contributed by atoms with Crippen LogP contribution in [-0.2, 0) is 6.42 Å². The third-order valence-corrected chi connectivity index (χ3v) is 3.58.